The number of ketones is 1. The molecular formula is C11H13ClO3. The van der Waals surface area contributed by atoms with Gasteiger partial charge in [0.15, 0.2) is 0 Å². The molecule has 2 aliphatic rings. The van der Waals surface area contributed by atoms with Gasteiger partial charge < -0.3 is 5.11 Å². The van der Waals surface area contributed by atoms with Crippen LogP contribution in [0, 0.1) is 11.3 Å². The molecule has 2 aliphatic carbocycles. The Bertz CT molecular complexity index is 372. The Labute approximate surface area is 93.1 Å². The van der Waals surface area contributed by atoms with Gasteiger partial charge >= 0.3 is 5.97 Å². The van der Waals surface area contributed by atoms with Gasteiger partial charge in [0.25, 0.3) is 5.78 Å². The van der Waals surface area contributed by atoms with E-state index in [1.807, 2.05) is 6.92 Å². The van der Waals surface area contributed by atoms with Crippen molar-refractivity contribution >= 4 is 23.4 Å². The molecule has 0 aromatic carbocycles. The molecule has 1 fully saturated rings. The minimum Gasteiger partial charge on any atom is -0.475 e. The first-order valence-corrected chi connectivity index (χ1v) is 5.57. The normalized spacial score (nSPS) is 33.6. The minimum atomic E-state index is -1.39. The van der Waals surface area contributed by atoms with Crippen molar-refractivity contribution < 1.29 is 14.7 Å². The maximum Gasteiger partial charge on any atom is 0.376 e. The average Bonchev–Trinajstić information content (AvgIpc) is 2.73. The van der Waals surface area contributed by atoms with Crippen LogP contribution in [0.1, 0.15) is 32.6 Å². The van der Waals surface area contributed by atoms with Crippen molar-refractivity contribution in [2.24, 2.45) is 11.3 Å². The molecule has 2 atom stereocenters. The van der Waals surface area contributed by atoms with Gasteiger partial charge in [-0.05, 0) is 31.6 Å². The van der Waals surface area contributed by atoms with E-state index >= 15 is 0 Å². The third-order valence-electron chi connectivity index (χ3n) is 3.83. The van der Waals surface area contributed by atoms with Crippen molar-refractivity contribution in [3.63, 3.8) is 0 Å². The molecule has 0 radical (unpaired) electrons. The highest BCUT2D eigenvalue weighted by atomic mass is 35.5. The summed E-state index contributed by atoms with van der Waals surface area (Å²) in [6.45, 7) is 1.99. The van der Waals surface area contributed by atoms with Gasteiger partial charge in [0.1, 0.15) is 0 Å². The van der Waals surface area contributed by atoms with Crippen molar-refractivity contribution in [1.29, 1.82) is 0 Å². The maximum atomic E-state index is 11.6. The third-order valence-corrected chi connectivity index (χ3v) is 4.33. The highest BCUT2D eigenvalue weighted by molar-refractivity contribution is 6.44. The van der Waals surface area contributed by atoms with Gasteiger partial charge in [-0.3, -0.25) is 4.79 Å². The molecule has 0 spiro atoms. The molecule has 82 valence electrons. The summed E-state index contributed by atoms with van der Waals surface area (Å²) in [4.78, 5) is 22.3. The lowest BCUT2D eigenvalue weighted by Crippen LogP contribution is -2.28. The number of hydrogen-bond acceptors (Lipinski definition) is 2. The Morgan fingerprint density at radius 3 is 2.80 bits per heavy atom. The molecule has 15 heavy (non-hydrogen) atoms. The lowest BCUT2D eigenvalue weighted by Gasteiger charge is -2.27. The van der Waals surface area contributed by atoms with Gasteiger partial charge in [-0.15, -0.1) is 0 Å². The molecule has 2 bridgehead atoms. The second-order valence-corrected chi connectivity index (χ2v) is 4.84. The van der Waals surface area contributed by atoms with Crippen molar-refractivity contribution in [3.8, 4) is 0 Å². The van der Waals surface area contributed by atoms with E-state index in [0.29, 0.717) is 10.6 Å². The number of rotatable bonds is 3. The zero-order valence-corrected chi connectivity index (χ0v) is 9.30. The number of carbonyl (C=O) groups excluding carboxylic acids is 1. The van der Waals surface area contributed by atoms with E-state index in [-0.39, 0.29) is 11.3 Å². The summed E-state index contributed by atoms with van der Waals surface area (Å²) < 4.78 is 0. The number of aliphatic carboxylic acids is 1. The molecule has 0 amide bonds. The summed E-state index contributed by atoms with van der Waals surface area (Å²) in [7, 11) is 0. The highest BCUT2D eigenvalue weighted by Gasteiger charge is 2.52. The molecule has 1 saturated carbocycles. The third kappa shape index (κ3) is 1.33. The lowest BCUT2D eigenvalue weighted by atomic mass is 9.76. The number of hydrogen-bond donors (Lipinski definition) is 1. The molecular weight excluding hydrogens is 216 g/mol. The Morgan fingerprint density at radius 2 is 2.27 bits per heavy atom. The summed E-state index contributed by atoms with van der Waals surface area (Å²) in [5, 5.41) is 9.27. The first-order chi connectivity index (χ1) is 7.02. The van der Waals surface area contributed by atoms with Crippen molar-refractivity contribution in [1.82, 2.24) is 0 Å². The number of carbonyl (C=O) groups is 2. The predicted octanol–water partition coefficient (Wildman–Crippen LogP) is 2.34. The molecule has 0 saturated heterocycles. The molecule has 0 aliphatic heterocycles. The number of Topliss-reactive ketones (excluding diaryl/α,β-unsaturated/α-hetero) is 1. The zero-order chi connectivity index (χ0) is 11.2. The van der Waals surface area contributed by atoms with Gasteiger partial charge in [-0.2, -0.15) is 0 Å². The van der Waals surface area contributed by atoms with Crippen LogP contribution in [-0.2, 0) is 9.59 Å². The molecule has 0 aromatic heterocycles. The zero-order valence-electron chi connectivity index (χ0n) is 8.55. The lowest BCUT2D eigenvalue weighted by molar-refractivity contribution is -0.147. The van der Waals surface area contributed by atoms with Gasteiger partial charge in [0.2, 0.25) is 0 Å². The Morgan fingerprint density at radius 1 is 1.60 bits per heavy atom. The van der Waals surface area contributed by atoms with E-state index in [1.165, 1.54) is 0 Å². The molecule has 2 unspecified atom stereocenters. The van der Waals surface area contributed by atoms with E-state index < -0.39 is 11.8 Å². The average molecular weight is 229 g/mol. The quantitative estimate of drug-likeness (QED) is 0.755. The Balaban J connectivity index is 2.45. The fourth-order valence-electron chi connectivity index (χ4n) is 2.98. The van der Waals surface area contributed by atoms with E-state index in [4.69, 9.17) is 16.7 Å². The first-order valence-electron chi connectivity index (χ1n) is 5.19. The second kappa shape index (κ2) is 3.34. The summed E-state index contributed by atoms with van der Waals surface area (Å²) in [6.07, 6.45) is 3.55. The van der Waals surface area contributed by atoms with Crippen molar-refractivity contribution in [2.45, 2.75) is 32.6 Å². The first kappa shape index (κ1) is 10.7. The van der Waals surface area contributed by atoms with Crippen LogP contribution in [0.5, 0.6) is 0 Å². The van der Waals surface area contributed by atoms with Crippen LogP contribution in [0.25, 0.3) is 0 Å². The SMILES string of the molecule is CCC12CCC(C1)C(Cl)=C2C(=O)C(=O)O. The van der Waals surface area contributed by atoms with Crippen molar-refractivity contribution in [2.75, 3.05) is 0 Å². The topological polar surface area (TPSA) is 54.4 Å². The van der Waals surface area contributed by atoms with E-state index in [0.717, 1.165) is 25.7 Å². The largest absolute Gasteiger partial charge is 0.475 e. The Hall–Kier alpha value is -0.830. The van der Waals surface area contributed by atoms with E-state index in [2.05, 4.69) is 0 Å². The maximum absolute atomic E-state index is 11.6. The van der Waals surface area contributed by atoms with Crippen LogP contribution < -0.4 is 0 Å². The van der Waals surface area contributed by atoms with Gasteiger partial charge in [-0.25, -0.2) is 4.79 Å². The smallest absolute Gasteiger partial charge is 0.376 e. The number of carboxylic acid groups (broad SMARTS) is 1. The van der Waals surface area contributed by atoms with Gasteiger partial charge in [0.05, 0.1) is 0 Å². The molecule has 4 heteroatoms. The number of halogens is 1. The molecule has 1 N–H and O–H groups in total. The van der Waals surface area contributed by atoms with Crippen LogP contribution in [0.3, 0.4) is 0 Å². The summed E-state index contributed by atoms with van der Waals surface area (Å²) in [6, 6.07) is 0. The standard InChI is InChI=1S/C11H13ClO3/c1-2-11-4-3-6(5-11)8(12)7(11)9(13)10(14)15/h6H,2-5H2,1H3,(H,14,15). The summed E-state index contributed by atoms with van der Waals surface area (Å²) in [5.74, 6) is -1.96. The van der Waals surface area contributed by atoms with Crippen LogP contribution in [-0.4, -0.2) is 16.9 Å². The monoisotopic (exact) mass is 228 g/mol. The van der Waals surface area contributed by atoms with Crippen LogP contribution in [0.4, 0.5) is 0 Å². The molecule has 3 nitrogen and oxygen atoms in total. The van der Waals surface area contributed by atoms with Crippen LogP contribution in [0.2, 0.25) is 0 Å². The van der Waals surface area contributed by atoms with Crippen molar-refractivity contribution in [3.05, 3.63) is 10.6 Å². The van der Waals surface area contributed by atoms with Crippen LogP contribution in [0.15, 0.2) is 10.6 Å². The predicted molar refractivity (Wildman–Crippen MR) is 55.6 cm³/mol. The molecule has 2 rings (SSSR count). The molecule has 0 aromatic rings. The fourth-order valence-corrected chi connectivity index (χ4v) is 3.45. The number of allylic oxidation sites excluding steroid dienone is 1. The minimum absolute atomic E-state index is 0.227. The summed E-state index contributed by atoms with van der Waals surface area (Å²) >= 11 is 6.08. The number of carboxylic acids is 1. The Kier molecular flexibility index (Phi) is 2.38. The van der Waals surface area contributed by atoms with E-state index in [9.17, 15) is 9.59 Å². The number of fused-ring (bicyclic) bond motifs is 2. The van der Waals surface area contributed by atoms with Gasteiger partial charge in [0, 0.05) is 16.0 Å². The van der Waals surface area contributed by atoms with Gasteiger partial charge in [-0.1, -0.05) is 18.5 Å². The second-order valence-electron chi connectivity index (χ2n) is 4.43. The highest BCUT2D eigenvalue weighted by Crippen LogP contribution is 2.60. The van der Waals surface area contributed by atoms with Crippen LogP contribution >= 0.6 is 11.6 Å². The summed E-state index contributed by atoms with van der Waals surface area (Å²) in [5.41, 5.74) is 0.146. The molecule has 0 heterocycles. The fraction of sp³-hybridized carbons (Fsp3) is 0.636. The van der Waals surface area contributed by atoms with E-state index in [1.54, 1.807) is 0 Å².